The summed E-state index contributed by atoms with van der Waals surface area (Å²) in [5.41, 5.74) is 3.79. The molecule has 2 aromatic carbocycles. The highest BCUT2D eigenvalue weighted by Crippen LogP contribution is 2.25. The lowest BCUT2D eigenvalue weighted by Crippen LogP contribution is -2.21. The first-order chi connectivity index (χ1) is 10.4. The summed E-state index contributed by atoms with van der Waals surface area (Å²) < 4.78 is 4.74. The topological polar surface area (TPSA) is 8.51 Å². The van der Waals surface area contributed by atoms with Crippen molar-refractivity contribution in [3.05, 3.63) is 72.8 Å². The number of hydrogen-bond donors (Lipinski definition) is 0. The van der Waals surface area contributed by atoms with Crippen LogP contribution in [0.25, 0.3) is 32.7 Å². The molecule has 5 rings (SSSR count). The van der Waals surface area contributed by atoms with Gasteiger partial charge in [-0.1, -0.05) is 36.4 Å². The van der Waals surface area contributed by atoms with Crippen LogP contribution in [-0.2, 0) is 0 Å². The fourth-order valence-electron chi connectivity index (χ4n) is 3.07. The average Bonchev–Trinajstić information content (AvgIpc) is 2.94. The molecule has 0 bridgehead atoms. The molecule has 5 aromatic rings. The van der Waals surface area contributed by atoms with Gasteiger partial charge < -0.3 is 0 Å². The van der Waals surface area contributed by atoms with Gasteiger partial charge in [0.05, 0.1) is 0 Å². The van der Waals surface area contributed by atoms with E-state index in [0.717, 1.165) is 0 Å². The number of nitrogens with zero attached hydrogens (tertiary/aromatic N) is 2. The first kappa shape index (κ1) is 11.2. The van der Waals surface area contributed by atoms with Gasteiger partial charge in [0.2, 0.25) is 5.25 Å². The minimum atomic E-state index is 1.22. The zero-order valence-electron chi connectivity index (χ0n) is 11.3. The number of pyridine rings is 2. The van der Waals surface area contributed by atoms with Crippen molar-refractivity contribution in [3.63, 3.8) is 0 Å². The van der Waals surface area contributed by atoms with E-state index in [9.17, 15) is 0 Å². The van der Waals surface area contributed by atoms with E-state index in [4.69, 9.17) is 0 Å². The first-order valence-electron chi connectivity index (χ1n) is 7.02. The predicted octanol–water partition coefficient (Wildman–Crippen LogP) is 4.56. The highest BCUT2D eigenvalue weighted by Gasteiger charge is 2.16. The molecule has 0 amide bonds. The molecule has 0 N–H and O–H groups in total. The van der Waals surface area contributed by atoms with E-state index in [2.05, 4.69) is 81.4 Å². The van der Waals surface area contributed by atoms with Crippen LogP contribution in [-0.4, -0.2) is 4.16 Å². The maximum absolute atomic E-state index is 2.37. The Morgan fingerprint density at radius 2 is 1.48 bits per heavy atom. The summed E-state index contributed by atoms with van der Waals surface area (Å²) in [5.74, 6) is 0. The summed E-state index contributed by atoms with van der Waals surface area (Å²) in [6.45, 7) is 0. The lowest BCUT2D eigenvalue weighted by atomic mass is 10.2. The van der Waals surface area contributed by atoms with Crippen LogP contribution in [0.2, 0.25) is 0 Å². The van der Waals surface area contributed by atoms with Crippen molar-refractivity contribution in [2.45, 2.75) is 0 Å². The van der Waals surface area contributed by atoms with Crippen molar-refractivity contribution in [2.24, 2.45) is 0 Å². The van der Waals surface area contributed by atoms with Gasteiger partial charge in [-0.15, -0.1) is 0 Å². The maximum atomic E-state index is 2.37. The van der Waals surface area contributed by atoms with Gasteiger partial charge in [0.1, 0.15) is 11.0 Å². The molecule has 0 spiro atoms. The molecule has 21 heavy (non-hydrogen) atoms. The third kappa shape index (κ3) is 1.48. The fraction of sp³-hybridized carbons (Fsp3) is 0. The van der Waals surface area contributed by atoms with Crippen molar-refractivity contribution in [3.8, 4) is 0 Å². The van der Waals surface area contributed by atoms with Gasteiger partial charge in [0, 0.05) is 16.8 Å². The smallest absolute Gasteiger partial charge is 0.184 e. The van der Waals surface area contributed by atoms with Gasteiger partial charge in [-0.05, 0) is 30.3 Å². The molecule has 0 aliphatic rings. The number of benzene rings is 2. The van der Waals surface area contributed by atoms with Gasteiger partial charge in [0.25, 0.3) is 5.65 Å². The third-order valence-electron chi connectivity index (χ3n) is 4.04. The van der Waals surface area contributed by atoms with Crippen molar-refractivity contribution in [1.29, 1.82) is 0 Å². The summed E-state index contributed by atoms with van der Waals surface area (Å²) in [7, 11) is 1.22. The molecule has 0 unspecified atom stereocenters. The number of para-hydroxylation sites is 2. The van der Waals surface area contributed by atoms with E-state index in [0.29, 0.717) is 0 Å². The monoisotopic (exact) mass is 287 g/mol. The zero-order valence-corrected chi connectivity index (χ0v) is 12.2. The molecule has 0 fully saturated rings. The van der Waals surface area contributed by atoms with Crippen molar-refractivity contribution >= 4 is 41.1 Å². The Hall–Kier alpha value is -2.44. The van der Waals surface area contributed by atoms with E-state index in [1.54, 1.807) is 0 Å². The SMILES string of the molecule is c1ccc2c(c1)ccc1n2pc2ccc3ccccc3[n+]21. The van der Waals surface area contributed by atoms with Gasteiger partial charge in [0.15, 0.2) is 8.35 Å². The Balaban J connectivity index is 2.11. The molecule has 0 atom stereocenters. The van der Waals surface area contributed by atoms with Gasteiger partial charge in [-0.3, -0.25) is 0 Å². The molecule has 0 radical (unpaired) electrons. The van der Waals surface area contributed by atoms with Crippen LogP contribution in [0, 0.1) is 0 Å². The van der Waals surface area contributed by atoms with Crippen LogP contribution < -0.4 is 4.40 Å². The number of hydrogen-bond acceptors (Lipinski definition) is 0. The molecule has 3 aromatic heterocycles. The standard InChI is InChI=1S/C18H12N2P/c1-3-7-15-13(5-1)10-12-18-19(15)17-11-9-14-6-2-4-8-16(14)20(17)21-18/h1-12H/q+1. The van der Waals surface area contributed by atoms with Crippen molar-refractivity contribution in [1.82, 2.24) is 4.16 Å². The molecule has 3 heterocycles. The molecule has 0 aliphatic carbocycles. The number of rotatable bonds is 0. The number of fused-ring (bicyclic) bond motifs is 7. The molecule has 3 heteroatoms. The predicted molar refractivity (Wildman–Crippen MR) is 88.1 cm³/mol. The van der Waals surface area contributed by atoms with Gasteiger partial charge in [-0.2, -0.15) is 8.56 Å². The molecule has 0 saturated heterocycles. The average molecular weight is 287 g/mol. The number of aromatic nitrogens is 2. The van der Waals surface area contributed by atoms with Crippen LogP contribution in [0.15, 0.2) is 72.8 Å². The molecule has 0 saturated carbocycles. The summed E-state index contributed by atoms with van der Waals surface area (Å²) in [4.78, 5) is 0. The Labute approximate surface area is 123 Å². The van der Waals surface area contributed by atoms with Crippen molar-refractivity contribution < 1.29 is 4.40 Å². The van der Waals surface area contributed by atoms with Crippen molar-refractivity contribution in [2.75, 3.05) is 0 Å². The third-order valence-corrected chi connectivity index (χ3v) is 5.22. The Kier molecular flexibility index (Phi) is 2.16. The first-order valence-corrected chi connectivity index (χ1v) is 7.86. The summed E-state index contributed by atoms with van der Waals surface area (Å²) >= 11 is 0. The molecule has 0 aliphatic heterocycles. The van der Waals surface area contributed by atoms with Crippen LogP contribution in [0.3, 0.4) is 0 Å². The molecule has 2 nitrogen and oxygen atoms in total. The Morgan fingerprint density at radius 1 is 0.714 bits per heavy atom. The van der Waals surface area contributed by atoms with Gasteiger partial charge in [-0.25, -0.2) is 0 Å². The van der Waals surface area contributed by atoms with E-state index in [1.807, 2.05) is 0 Å². The highest BCUT2D eigenvalue weighted by molar-refractivity contribution is 7.32. The Bertz CT molecular complexity index is 1140. The minimum absolute atomic E-state index is 1.22. The summed E-state index contributed by atoms with van der Waals surface area (Å²) in [6.07, 6.45) is 0. The molecular weight excluding hydrogens is 275 g/mol. The minimum Gasteiger partial charge on any atom is -0.184 e. The lowest BCUT2D eigenvalue weighted by molar-refractivity contribution is -0.449. The van der Waals surface area contributed by atoms with E-state index < -0.39 is 0 Å². The largest absolute Gasteiger partial charge is 0.295 e. The molecular formula is C18H12N2P+. The van der Waals surface area contributed by atoms with Gasteiger partial charge >= 0.3 is 0 Å². The Morgan fingerprint density at radius 3 is 2.43 bits per heavy atom. The maximum Gasteiger partial charge on any atom is 0.295 e. The highest BCUT2D eigenvalue weighted by atomic mass is 31.0. The summed E-state index contributed by atoms with van der Waals surface area (Å²) in [5, 5.41) is 3.87. The van der Waals surface area contributed by atoms with E-state index in [-0.39, 0.29) is 0 Å². The van der Waals surface area contributed by atoms with Crippen LogP contribution in [0.4, 0.5) is 0 Å². The fourth-order valence-corrected chi connectivity index (χ4v) is 4.26. The normalized spacial score (nSPS) is 12.2. The van der Waals surface area contributed by atoms with Crippen LogP contribution in [0.5, 0.6) is 0 Å². The summed E-state index contributed by atoms with van der Waals surface area (Å²) in [6, 6.07) is 26.0. The van der Waals surface area contributed by atoms with E-state index in [1.165, 1.54) is 41.1 Å². The zero-order chi connectivity index (χ0) is 13.8. The second-order valence-electron chi connectivity index (χ2n) is 5.25. The quantitative estimate of drug-likeness (QED) is 0.369. The lowest BCUT2D eigenvalue weighted by Gasteiger charge is -1.97. The van der Waals surface area contributed by atoms with Crippen LogP contribution >= 0.6 is 8.35 Å². The molecule has 98 valence electrons. The second kappa shape index (κ2) is 4.03. The van der Waals surface area contributed by atoms with E-state index >= 15 is 0 Å². The van der Waals surface area contributed by atoms with Crippen LogP contribution in [0.1, 0.15) is 0 Å². The second-order valence-corrected chi connectivity index (χ2v) is 6.31.